The summed E-state index contributed by atoms with van der Waals surface area (Å²) in [6, 6.07) is 11.9. The molecule has 7 heteroatoms. The monoisotopic (exact) mass is 414 g/mol. The number of amides is 1. The summed E-state index contributed by atoms with van der Waals surface area (Å²) < 4.78 is 25.4. The smallest absolute Gasteiger partial charge is 0.221 e. The maximum absolute atomic E-state index is 13.5. The molecule has 1 amide bonds. The van der Waals surface area contributed by atoms with Crippen molar-refractivity contribution in [2.75, 3.05) is 26.2 Å². The van der Waals surface area contributed by atoms with Crippen molar-refractivity contribution in [1.82, 2.24) is 4.90 Å². The van der Waals surface area contributed by atoms with Gasteiger partial charge in [0.1, 0.15) is 35.6 Å². The molecule has 0 aliphatic carbocycles. The molecular weight excluding hydrogens is 387 g/mol. The second-order valence-corrected chi connectivity index (χ2v) is 8.23. The summed E-state index contributed by atoms with van der Waals surface area (Å²) >= 11 is 0. The lowest BCUT2D eigenvalue weighted by atomic mass is 9.87. The van der Waals surface area contributed by atoms with E-state index in [0.29, 0.717) is 17.9 Å². The number of rotatable bonds is 7. The molecule has 3 N–H and O–H groups in total. The van der Waals surface area contributed by atoms with Gasteiger partial charge in [0, 0.05) is 50.0 Å². The van der Waals surface area contributed by atoms with Gasteiger partial charge in [0.2, 0.25) is 5.91 Å². The van der Waals surface area contributed by atoms with Crippen molar-refractivity contribution in [3.8, 4) is 11.5 Å². The Hall–Kier alpha value is -2.64. The molecule has 0 unspecified atom stereocenters. The van der Waals surface area contributed by atoms with E-state index in [1.807, 2.05) is 12.1 Å². The highest BCUT2D eigenvalue weighted by atomic mass is 19.1. The van der Waals surface area contributed by atoms with Crippen LogP contribution in [0.1, 0.15) is 24.0 Å². The number of hydrogen-bond acceptors (Lipinski definition) is 5. The zero-order valence-corrected chi connectivity index (χ0v) is 16.9. The molecule has 0 saturated carbocycles. The summed E-state index contributed by atoms with van der Waals surface area (Å²) in [5.74, 6) is 0.699. The first kappa shape index (κ1) is 20.6. The van der Waals surface area contributed by atoms with E-state index in [2.05, 4.69) is 4.90 Å². The summed E-state index contributed by atoms with van der Waals surface area (Å²) in [7, 11) is 0. The largest absolute Gasteiger partial charge is 0.491 e. The Labute approximate surface area is 175 Å². The molecule has 0 bridgehead atoms. The number of para-hydroxylation sites is 1. The highest BCUT2D eigenvalue weighted by Gasteiger charge is 2.42. The molecule has 160 valence electrons. The average molecular weight is 414 g/mol. The van der Waals surface area contributed by atoms with E-state index >= 15 is 0 Å². The Balaban J connectivity index is 1.26. The van der Waals surface area contributed by atoms with Crippen LogP contribution in [0.2, 0.25) is 0 Å². The van der Waals surface area contributed by atoms with Crippen LogP contribution in [-0.2, 0) is 17.6 Å². The van der Waals surface area contributed by atoms with Gasteiger partial charge in [-0.05, 0) is 24.3 Å². The summed E-state index contributed by atoms with van der Waals surface area (Å²) in [5, 5.41) is 10.4. The first-order valence-corrected chi connectivity index (χ1v) is 10.3. The fraction of sp³-hybridized carbons (Fsp3) is 0.435. The minimum absolute atomic E-state index is 0.104. The van der Waals surface area contributed by atoms with E-state index in [1.54, 1.807) is 24.3 Å². The van der Waals surface area contributed by atoms with Gasteiger partial charge in [-0.1, -0.05) is 18.2 Å². The minimum atomic E-state index is -0.656. The molecule has 1 atom stereocenters. The number of primary amides is 1. The highest BCUT2D eigenvalue weighted by molar-refractivity contribution is 5.77. The van der Waals surface area contributed by atoms with E-state index in [0.717, 1.165) is 43.7 Å². The fourth-order valence-corrected chi connectivity index (χ4v) is 4.34. The summed E-state index contributed by atoms with van der Waals surface area (Å²) in [6.07, 6.45) is 1.84. The number of aliphatic hydroxyl groups is 1. The van der Waals surface area contributed by atoms with Gasteiger partial charge in [-0.25, -0.2) is 4.39 Å². The number of benzene rings is 2. The van der Waals surface area contributed by atoms with Crippen molar-refractivity contribution >= 4 is 5.91 Å². The van der Waals surface area contributed by atoms with Gasteiger partial charge in [-0.15, -0.1) is 0 Å². The molecule has 1 saturated heterocycles. The van der Waals surface area contributed by atoms with Crippen LogP contribution in [0.15, 0.2) is 42.5 Å². The van der Waals surface area contributed by atoms with E-state index in [4.69, 9.17) is 15.2 Å². The second kappa shape index (κ2) is 8.62. The number of carbonyl (C=O) groups excluding carboxylic acids is 1. The molecule has 2 aromatic rings. The van der Waals surface area contributed by atoms with Gasteiger partial charge in [0.15, 0.2) is 0 Å². The third-order valence-electron chi connectivity index (χ3n) is 5.87. The summed E-state index contributed by atoms with van der Waals surface area (Å²) in [5.41, 5.74) is 6.67. The van der Waals surface area contributed by atoms with E-state index < -0.39 is 12.0 Å². The fourth-order valence-electron chi connectivity index (χ4n) is 4.34. The first-order chi connectivity index (χ1) is 14.4. The lowest BCUT2D eigenvalue weighted by Gasteiger charge is -2.39. The third-order valence-corrected chi connectivity index (χ3v) is 5.87. The lowest BCUT2D eigenvalue weighted by Crippen LogP contribution is -2.49. The number of aliphatic hydroxyl groups excluding tert-OH is 1. The van der Waals surface area contributed by atoms with Crippen molar-refractivity contribution in [1.29, 1.82) is 0 Å². The molecule has 2 aliphatic rings. The summed E-state index contributed by atoms with van der Waals surface area (Å²) in [4.78, 5) is 13.4. The molecule has 4 rings (SSSR count). The lowest BCUT2D eigenvalue weighted by molar-refractivity contribution is -0.117. The normalized spacial score (nSPS) is 18.6. The number of piperidine rings is 1. The van der Waals surface area contributed by atoms with Crippen molar-refractivity contribution in [2.45, 2.75) is 37.4 Å². The maximum atomic E-state index is 13.5. The van der Waals surface area contributed by atoms with Crippen LogP contribution in [0.4, 0.5) is 4.39 Å². The van der Waals surface area contributed by atoms with Crippen LogP contribution in [0, 0.1) is 5.82 Å². The molecule has 2 aliphatic heterocycles. The Morgan fingerprint density at radius 1 is 1.27 bits per heavy atom. The van der Waals surface area contributed by atoms with Gasteiger partial charge in [-0.3, -0.25) is 4.79 Å². The number of fused-ring (bicyclic) bond motifs is 1. The van der Waals surface area contributed by atoms with E-state index in [1.165, 1.54) is 6.07 Å². The Kier molecular flexibility index (Phi) is 5.92. The quantitative estimate of drug-likeness (QED) is 0.725. The molecule has 6 nitrogen and oxygen atoms in total. The number of nitrogens with zero attached hydrogens (tertiary/aromatic N) is 1. The van der Waals surface area contributed by atoms with Crippen LogP contribution in [0.5, 0.6) is 11.5 Å². The van der Waals surface area contributed by atoms with Gasteiger partial charge in [0.25, 0.3) is 0 Å². The van der Waals surface area contributed by atoms with Crippen molar-refractivity contribution in [2.24, 2.45) is 5.73 Å². The van der Waals surface area contributed by atoms with Gasteiger partial charge >= 0.3 is 0 Å². The van der Waals surface area contributed by atoms with Crippen LogP contribution >= 0.6 is 0 Å². The number of ether oxygens (including phenoxy) is 2. The molecule has 1 spiro atoms. The number of likely N-dealkylation sites (tertiary alicyclic amines) is 1. The standard InChI is InChI=1S/C23H27FN2O4/c24-18-5-6-21-17(11-18)13-23(30-21)7-9-26(10-8-23)14-19(27)15-29-20-4-2-1-3-16(20)12-22(25)28/h1-6,11,19,27H,7-10,12-15H2,(H2,25,28)/t19-/m0/s1. The molecule has 2 heterocycles. The molecule has 0 radical (unpaired) electrons. The van der Waals surface area contributed by atoms with Gasteiger partial charge < -0.3 is 25.2 Å². The third kappa shape index (κ3) is 4.74. The van der Waals surface area contributed by atoms with Crippen LogP contribution in [-0.4, -0.2) is 53.9 Å². The predicted molar refractivity (Wildman–Crippen MR) is 110 cm³/mol. The minimum Gasteiger partial charge on any atom is -0.491 e. The predicted octanol–water partition coefficient (Wildman–Crippen LogP) is 2.06. The molecule has 1 fully saturated rings. The number of nitrogens with two attached hydrogens (primary N) is 1. The highest BCUT2D eigenvalue weighted by Crippen LogP contribution is 2.41. The Bertz CT molecular complexity index is 912. The van der Waals surface area contributed by atoms with Gasteiger partial charge in [-0.2, -0.15) is 0 Å². The molecule has 0 aromatic heterocycles. The van der Waals surface area contributed by atoms with Crippen LogP contribution in [0.3, 0.4) is 0 Å². The Morgan fingerprint density at radius 2 is 2.03 bits per heavy atom. The maximum Gasteiger partial charge on any atom is 0.221 e. The van der Waals surface area contributed by atoms with Gasteiger partial charge in [0.05, 0.1) is 6.42 Å². The zero-order chi connectivity index (χ0) is 21.1. The number of halogens is 1. The van der Waals surface area contributed by atoms with Crippen LogP contribution < -0.4 is 15.2 Å². The number of hydrogen-bond donors (Lipinski definition) is 2. The van der Waals surface area contributed by atoms with Crippen molar-refractivity contribution in [3.05, 3.63) is 59.4 Å². The average Bonchev–Trinajstić information content (AvgIpc) is 3.06. The zero-order valence-electron chi connectivity index (χ0n) is 16.9. The second-order valence-electron chi connectivity index (χ2n) is 8.23. The van der Waals surface area contributed by atoms with Crippen LogP contribution in [0.25, 0.3) is 0 Å². The summed E-state index contributed by atoms with van der Waals surface area (Å²) in [6.45, 7) is 2.23. The number of carbonyl (C=O) groups is 1. The molecule has 2 aromatic carbocycles. The van der Waals surface area contributed by atoms with Crippen molar-refractivity contribution in [3.63, 3.8) is 0 Å². The van der Waals surface area contributed by atoms with Crippen molar-refractivity contribution < 1.29 is 23.8 Å². The Morgan fingerprint density at radius 3 is 2.80 bits per heavy atom. The SMILES string of the molecule is NC(=O)Cc1ccccc1OC[C@@H](O)CN1CCC2(CC1)Cc1cc(F)ccc1O2. The molecular formula is C23H27FN2O4. The molecule has 30 heavy (non-hydrogen) atoms. The topological polar surface area (TPSA) is 85.0 Å². The van der Waals surface area contributed by atoms with E-state index in [-0.39, 0.29) is 24.4 Å². The van der Waals surface area contributed by atoms with E-state index in [9.17, 15) is 14.3 Å². The first-order valence-electron chi connectivity index (χ1n) is 10.3. The number of β-amino-alcohol motifs (C(OH)–C–C–N with tert-alkyl or cyclic N) is 1.